The Balaban J connectivity index is 2.29. The average Bonchev–Trinajstić information content (AvgIpc) is 2.92. The summed E-state index contributed by atoms with van der Waals surface area (Å²) < 4.78 is 5.10. The number of phenolic OH excluding ortho intramolecular Hbond substituents is 1. The van der Waals surface area contributed by atoms with Gasteiger partial charge in [-0.3, -0.25) is 0 Å². The summed E-state index contributed by atoms with van der Waals surface area (Å²) in [7, 11) is 1.58. The van der Waals surface area contributed by atoms with Gasteiger partial charge in [0.1, 0.15) is 11.5 Å². The van der Waals surface area contributed by atoms with E-state index < -0.39 is 5.60 Å². The molecule has 0 aromatic heterocycles. The van der Waals surface area contributed by atoms with Gasteiger partial charge in [0, 0.05) is 12.0 Å². The number of rotatable bonds is 3. The molecule has 3 nitrogen and oxygen atoms in total. The van der Waals surface area contributed by atoms with E-state index in [1.807, 2.05) is 19.1 Å². The summed E-state index contributed by atoms with van der Waals surface area (Å²) >= 11 is 0. The lowest BCUT2D eigenvalue weighted by Crippen LogP contribution is -2.11. The van der Waals surface area contributed by atoms with Crippen LogP contribution in [-0.2, 0) is 6.42 Å². The van der Waals surface area contributed by atoms with Gasteiger partial charge in [0.05, 0.1) is 12.7 Å². The Hall–Kier alpha value is -1.22. The molecule has 0 atom stereocenters. The normalized spacial score (nSPS) is 17.5. The molecule has 1 aromatic rings. The molecule has 0 spiro atoms. The van der Waals surface area contributed by atoms with E-state index in [9.17, 15) is 10.2 Å². The minimum atomic E-state index is -0.571. The number of aromatic hydroxyl groups is 1. The molecule has 3 heteroatoms. The maximum atomic E-state index is 9.91. The van der Waals surface area contributed by atoms with E-state index in [0.717, 1.165) is 24.0 Å². The fraction of sp³-hybridized carbons (Fsp3) is 0.500. The van der Waals surface area contributed by atoms with Gasteiger partial charge in [0.25, 0.3) is 0 Å². The lowest BCUT2D eigenvalue weighted by Gasteiger charge is -2.13. The van der Waals surface area contributed by atoms with Crippen molar-refractivity contribution < 1.29 is 14.9 Å². The summed E-state index contributed by atoms with van der Waals surface area (Å²) in [5, 5.41) is 19.7. The standard InChI is InChI=1S/C12H16O3/c1-8-10(15-2)4-3-9(11(8)13)7-12(14)5-6-12/h3-4,13-14H,5-7H2,1-2H3. The number of hydrogen-bond donors (Lipinski definition) is 2. The summed E-state index contributed by atoms with van der Waals surface area (Å²) in [6.45, 7) is 1.81. The predicted octanol–water partition coefficient (Wildman–Crippen LogP) is 1.78. The fourth-order valence-corrected chi connectivity index (χ4v) is 1.78. The van der Waals surface area contributed by atoms with Gasteiger partial charge in [-0.05, 0) is 31.4 Å². The van der Waals surface area contributed by atoms with Crippen LogP contribution in [0.2, 0.25) is 0 Å². The highest BCUT2D eigenvalue weighted by molar-refractivity contribution is 5.49. The van der Waals surface area contributed by atoms with Crippen LogP contribution in [0.1, 0.15) is 24.0 Å². The molecule has 1 saturated carbocycles. The number of hydrogen-bond acceptors (Lipinski definition) is 3. The SMILES string of the molecule is COc1ccc(CC2(O)CC2)c(O)c1C. The van der Waals surface area contributed by atoms with Crippen molar-refractivity contribution >= 4 is 0 Å². The highest BCUT2D eigenvalue weighted by Crippen LogP contribution is 2.41. The maximum absolute atomic E-state index is 9.91. The highest BCUT2D eigenvalue weighted by atomic mass is 16.5. The molecule has 2 rings (SSSR count). The van der Waals surface area contributed by atoms with E-state index in [-0.39, 0.29) is 5.75 Å². The summed E-state index contributed by atoms with van der Waals surface area (Å²) in [6, 6.07) is 3.65. The van der Waals surface area contributed by atoms with E-state index in [1.54, 1.807) is 7.11 Å². The topological polar surface area (TPSA) is 49.7 Å². The summed E-state index contributed by atoms with van der Waals surface area (Å²) in [5.74, 6) is 0.925. The van der Waals surface area contributed by atoms with Crippen molar-refractivity contribution in [1.82, 2.24) is 0 Å². The van der Waals surface area contributed by atoms with E-state index in [4.69, 9.17) is 4.74 Å². The molecule has 0 aliphatic heterocycles. The van der Waals surface area contributed by atoms with Crippen molar-refractivity contribution in [2.45, 2.75) is 31.8 Å². The second-order valence-electron chi connectivity index (χ2n) is 4.30. The zero-order valence-corrected chi connectivity index (χ0v) is 9.08. The number of ether oxygens (including phenoxy) is 1. The van der Waals surface area contributed by atoms with E-state index >= 15 is 0 Å². The van der Waals surface area contributed by atoms with Crippen molar-refractivity contribution in [2.24, 2.45) is 0 Å². The molecule has 2 N–H and O–H groups in total. The number of methoxy groups -OCH3 is 1. The Kier molecular flexibility index (Phi) is 2.35. The van der Waals surface area contributed by atoms with Crippen LogP contribution in [0.5, 0.6) is 11.5 Å². The molecular formula is C12H16O3. The lowest BCUT2D eigenvalue weighted by molar-refractivity contribution is 0.150. The Morgan fingerprint density at radius 2 is 2.07 bits per heavy atom. The van der Waals surface area contributed by atoms with Crippen LogP contribution < -0.4 is 4.74 Å². The van der Waals surface area contributed by atoms with E-state index in [1.165, 1.54) is 0 Å². The molecule has 0 radical (unpaired) electrons. The maximum Gasteiger partial charge on any atom is 0.125 e. The number of phenols is 1. The van der Waals surface area contributed by atoms with Crippen LogP contribution in [-0.4, -0.2) is 22.9 Å². The van der Waals surface area contributed by atoms with Crippen LogP contribution in [0, 0.1) is 6.92 Å². The molecule has 15 heavy (non-hydrogen) atoms. The molecular weight excluding hydrogens is 192 g/mol. The minimum absolute atomic E-state index is 0.245. The van der Waals surface area contributed by atoms with E-state index in [0.29, 0.717) is 12.2 Å². The van der Waals surface area contributed by atoms with Crippen molar-refractivity contribution in [3.8, 4) is 11.5 Å². The highest BCUT2D eigenvalue weighted by Gasteiger charge is 2.40. The molecule has 1 aliphatic rings. The second-order valence-corrected chi connectivity index (χ2v) is 4.30. The van der Waals surface area contributed by atoms with Gasteiger partial charge in [-0.2, -0.15) is 0 Å². The molecule has 0 bridgehead atoms. The zero-order valence-electron chi connectivity index (χ0n) is 9.08. The molecule has 0 unspecified atom stereocenters. The van der Waals surface area contributed by atoms with E-state index in [2.05, 4.69) is 0 Å². The Labute approximate surface area is 89.3 Å². The van der Waals surface area contributed by atoms with Crippen molar-refractivity contribution in [3.63, 3.8) is 0 Å². The third-order valence-electron chi connectivity index (χ3n) is 3.03. The molecule has 0 saturated heterocycles. The van der Waals surface area contributed by atoms with Gasteiger partial charge in [-0.1, -0.05) is 6.07 Å². The summed E-state index contributed by atoms with van der Waals surface area (Å²) in [4.78, 5) is 0. The van der Waals surface area contributed by atoms with Gasteiger partial charge in [-0.25, -0.2) is 0 Å². The van der Waals surface area contributed by atoms with Crippen LogP contribution in [0.15, 0.2) is 12.1 Å². The van der Waals surface area contributed by atoms with Crippen LogP contribution in [0.25, 0.3) is 0 Å². The Morgan fingerprint density at radius 1 is 1.40 bits per heavy atom. The third-order valence-corrected chi connectivity index (χ3v) is 3.03. The summed E-state index contributed by atoms with van der Waals surface area (Å²) in [5.41, 5.74) is 0.964. The molecule has 1 aromatic carbocycles. The number of benzene rings is 1. The van der Waals surface area contributed by atoms with Gasteiger partial charge < -0.3 is 14.9 Å². The monoisotopic (exact) mass is 208 g/mol. The third kappa shape index (κ3) is 1.92. The van der Waals surface area contributed by atoms with Gasteiger partial charge >= 0.3 is 0 Å². The smallest absolute Gasteiger partial charge is 0.125 e. The molecule has 1 fully saturated rings. The first-order chi connectivity index (χ1) is 7.06. The quantitative estimate of drug-likeness (QED) is 0.796. The molecule has 0 heterocycles. The first-order valence-corrected chi connectivity index (χ1v) is 5.13. The first-order valence-electron chi connectivity index (χ1n) is 5.13. The lowest BCUT2D eigenvalue weighted by atomic mass is 10.0. The predicted molar refractivity (Wildman–Crippen MR) is 57.3 cm³/mol. The Bertz CT molecular complexity index is 381. The van der Waals surface area contributed by atoms with Gasteiger partial charge in [0.2, 0.25) is 0 Å². The molecule has 0 amide bonds. The molecule has 82 valence electrons. The minimum Gasteiger partial charge on any atom is -0.507 e. The zero-order chi connectivity index (χ0) is 11.1. The second kappa shape index (κ2) is 3.42. The van der Waals surface area contributed by atoms with Crippen LogP contribution >= 0.6 is 0 Å². The molecule has 1 aliphatic carbocycles. The Morgan fingerprint density at radius 3 is 2.60 bits per heavy atom. The van der Waals surface area contributed by atoms with Crippen LogP contribution in [0.3, 0.4) is 0 Å². The van der Waals surface area contributed by atoms with Gasteiger partial charge in [-0.15, -0.1) is 0 Å². The number of aliphatic hydroxyl groups is 1. The van der Waals surface area contributed by atoms with Crippen LogP contribution in [0.4, 0.5) is 0 Å². The van der Waals surface area contributed by atoms with Crippen molar-refractivity contribution in [2.75, 3.05) is 7.11 Å². The van der Waals surface area contributed by atoms with Gasteiger partial charge in [0.15, 0.2) is 0 Å². The fourth-order valence-electron chi connectivity index (χ4n) is 1.78. The van der Waals surface area contributed by atoms with Crippen molar-refractivity contribution in [3.05, 3.63) is 23.3 Å². The first kappa shape index (κ1) is 10.3. The average molecular weight is 208 g/mol. The largest absolute Gasteiger partial charge is 0.507 e. The van der Waals surface area contributed by atoms with Crippen molar-refractivity contribution in [1.29, 1.82) is 0 Å². The summed E-state index contributed by atoms with van der Waals surface area (Å²) in [6.07, 6.45) is 2.19.